The number of hydrogen-bond acceptors (Lipinski definition) is 3. The molecule has 0 saturated carbocycles. The molecule has 1 heterocycles. The van der Waals surface area contributed by atoms with Gasteiger partial charge in [0.15, 0.2) is 4.67 Å². The van der Waals surface area contributed by atoms with Crippen LogP contribution in [0.1, 0.15) is 16.1 Å². The highest BCUT2D eigenvalue weighted by atomic mass is 79.9. The van der Waals surface area contributed by atoms with Crippen LogP contribution < -0.4 is 5.32 Å². The van der Waals surface area contributed by atoms with Crippen molar-refractivity contribution in [1.29, 1.82) is 0 Å². The van der Waals surface area contributed by atoms with Crippen LogP contribution in [0.5, 0.6) is 0 Å². The van der Waals surface area contributed by atoms with Gasteiger partial charge in [-0.25, -0.2) is 9.18 Å². The number of aromatic carboxylic acids is 1. The highest BCUT2D eigenvalue weighted by Gasteiger charge is 2.10. The summed E-state index contributed by atoms with van der Waals surface area (Å²) in [7, 11) is 0. The zero-order valence-electron chi connectivity index (χ0n) is 9.11. The lowest BCUT2D eigenvalue weighted by molar-refractivity contribution is 0.0692. The van der Waals surface area contributed by atoms with Crippen molar-refractivity contribution in [2.45, 2.75) is 6.54 Å². The second-order valence-corrected chi connectivity index (χ2v) is 4.34. The van der Waals surface area contributed by atoms with Crippen LogP contribution >= 0.6 is 15.9 Å². The normalized spacial score (nSPS) is 10.3. The molecule has 18 heavy (non-hydrogen) atoms. The zero-order valence-corrected chi connectivity index (χ0v) is 10.7. The predicted octanol–water partition coefficient (Wildman–Crippen LogP) is 3.49. The molecule has 1 aromatic heterocycles. The van der Waals surface area contributed by atoms with Crippen LogP contribution in [0.2, 0.25) is 0 Å². The zero-order chi connectivity index (χ0) is 13.1. The van der Waals surface area contributed by atoms with Gasteiger partial charge in [0.2, 0.25) is 0 Å². The molecule has 0 atom stereocenters. The highest BCUT2D eigenvalue weighted by Crippen LogP contribution is 2.18. The van der Waals surface area contributed by atoms with Crippen LogP contribution in [0, 0.1) is 5.82 Å². The molecule has 0 saturated heterocycles. The van der Waals surface area contributed by atoms with Gasteiger partial charge in [0.25, 0.3) is 0 Å². The number of rotatable bonds is 4. The third-order valence-electron chi connectivity index (χ3n) is 2.29. The van der Waals surface area contributed by atoms with E-state index < -0.39 is 11.8 Å². The van der Waals surface area contributed by atoms with Crippen molar-refractivity contribution < 1.29 is 18.7 Å². The summed E-state index contributed by atoms with van der Waals surface area (Å²) in [6, 6.07) is 7.36. The lowest BCUT2D eigenvalue weighted by Gasteiger charge is -2.06. The Kier molecular flexibility index (Phi) is 3.66. The molecule has 2 rings (SSSR count). The van der Waals surface area contributed by atoms with E-state index in [0.29, 0.717) is 22.7 Å². The van der Waals surface area contributed by atoms with E-state index in [1.165, 1.54) is 12.1 Å². The van der Waals surface area contributed by atoms with E-state index in [0.717, 1.165) is 6.07 Å². The molecule has 0 aliphatic heterocycles. The molecular weight excluding hydrogens is 305 g/mol. The van der Waals surface area contributed by atoms with Crippen LogP contribution in [-0.4, -0.2) is 11.1 Å². The number of anilines is 1. The number of benzene rings is 1. The van der Waals surface area contributed by atoms with E-state index in [2.05, 4.69) is 21.2 Å². The third kappa shape index (κ3) is 2.89. The molecule has 0 unspecified atom stereocenters. The molecule has 2 aromatic rings. The molecule has 0 radical (unpaired) electrons. The fourth-order valence-electron chi connectivity index (χ4n) is 1.44. The second kappa shape index (κ2) is 5.22. The minimum absolute atomic E-state index is 0.361. The largest absolute Gasteiger partial charge is 0.478 e. The monoisotopic (exact) mass is 313 g/mol. The van der Waals surface area contributed by atoms with Crippen molar-refractivity contribution in [3.05, 3.63) is 52.1 Å². The first-order chi connectivity index (χ1) is 8.56. The van der Waals surface area contributed by atoms with Gasteiger partial charge in [0.1, 0.15) is 11.6 Å². The molecule has 94 valence electrons. The maximum absolute atomic E-state index is 13.2. The minimum atomic E-state index is -1.29. The number of carboxylic acids is 1. The smallest absolute Gasteiger partial charge is 0.338 e. The highest BCUT2D eigenvalue weighted by molar-refractivity contribution is 9.10. The summed E-state index contributed by atoms with van der Waals surface area (Å²) in [6.45, 7) is 0.385. The van der Waals surface area contributed by atoms with Gasteiger partial charge in [-0.15, -0.1) is 0 Å². The van der Waals surface area contributed by atoms with Crippen molar-refractivity contribution in [3.8, 4) is 0 Å². The van der Waals surface area contributed by atoms with Gasteiger partial charge in [0, 0.05) is 5.69 Å². The van der Waals surface area contributed by atoms with Crippen molar-refractivity contribution in [2.75, 3.05) is 5.32 Å². The third-order valence-corrected chi connectivity index (χ3v) is 2.72. The second-order valence-electron chi connectivity index (χ2n) is 3.56. The summed E-state index contributed by atoms with van der Waals surface area (Å²) in [5.74, 6) is -1.37. The Morgan fingerprint density at radius 3 is 2.78 bits per heavy atom. The molecule has 0 fully saturated rings. The first-order valence-corrected chi connectivity index (χ1v) is 5.86. The molecule has 0 aliphatic carbocycles. The Bertz CT molecular complexity index is 582. The number of hydrogen-bond donors (Lipinski definition) is 2. The quantitative estimate of drug-likeness (QED) is 0.907. The van der Waals surface area contributed by atoms with Gasteiger partial charge >= 0.3 is 5.97 Å². The predicted molar refractivity (Wildman–Crippen MR) is 67.1 cm³/mol. The van der Waals surface area contributed by atoms with Gasteiger partial charge in [-0.2, -0.15) is 0 Å². The standard InChI is InChI=1S/C12H9BrFNO3/c13-11-4-2-8(18-11)6-15-7-1-3-10(14)9(5-7)12(16)17/h1-5,15H,6H2,(H,16,17). The summed E-state index contributed by atoms with van der Waals surface area (Å²) < 4.78 is 19.0. The maximum Gasteiger partial charge on any atom is 0.338 e. The Morgan fingerprint density at radius 1 is 1.39 bits per heavy atom. The first-order valence-electron chi connectivity index (χ1n) is 5.07. The van der Waals surface area contributed by atoms with Gasteiger partial charge in [-0.1, -0.05) is 0 Å². The Morgan fingerprint density at radius 2 is 2.17 bits per heavy atom. The SMILES string of the molecule is O=C(O)c1cc(NCc2ccc(Br)o2)ccc1F. The van der Waals surface area contributed by atoms with Crippen molar-refractivity contribution in [2.24, 2.45) is 0 Å². The Hall–Kier alpha value is -1.82. The van der Waals surface area contributed by atoms with Crippen molar-refractivity contribution in [3.63, 3.8) is 0 Å². The van der Waals surface area contributed by atoms with Gasteiger partial charge in [0.05, 0.1) is 12.1 Å². The fourth-order valence-corrected chi connectivity index (χ4v) is 1.78. The van der Waals surface area contributed by atoms with Gasteiger partial charge < -0.3 is 14.8 Å². The van der Waals surface area contributed by atoms with Gasteiger partial charge in [-0.3, -0.25) is 0 Å². The summed E-state index contributed by atoms with van der Waals surface area (Å²) in [4.78, 5) is 10.8. The van der Waals surface area contributed by atoms with E-state index in [-0.39, 0.29) is 5.56 Å². The molecule has 1 aromatic carbocycles. The lowest BCUT2D eigenvalue weighted by Crippen LogP contribution is -2.04. The first kappa shape index (κ1) is 12.6. The summed E-state index contributed by atoms with van der Waals surface area (Å²) in [6.07, 6.45) is 0. The van der Waals surface area contributed by atoms with E-state index >= 15 is 0 Å². The van der Waals surface area contributed by atoms with E-state index in [4.69, 9.17) is 9.52 Å². The van der Waals surface area contributed by atoms with E-state index in [1.54, 1.807) is 12.1 Å². The molecule has 4 nitrogen and oxygen atoms in total. The molecule has 0 amide bonds. The average Bonchev–Trinajstić information content (AvgIpc) is 2.74. The molecule has 0 spiro atoms. The molecule has 0 aliphatic rings. The number of carbonyl (C=O) groups is 1. The average molecular weight is 314 g/mol. The van der Waals surface area contributed by atoms with Crippen LogP contribution in [0.25, 0.3) is 0 Å². The van der Waals surface area contributed by atoms with E-state index in [9.17, 15) is 9.18 Å². The number of nitrogens with one attached hydrogen (secondary N) is 1. The number of carboxylic acid groups (broad SMARTS) is 1. The summed E-state index contributed by atoms with van der Waals surface area (Å²) in [5, 5.41) is 11.7. The summed E-state index contributed by atoms with van der Waals surface area (Å²) in [5.41, 5.74) is 0.155. The molecule has 0 bridgehead atoms. The Balaban J connectivity index is 2.10. The number of halogens is 2. The lowest BCUT2D eigenvalue weighted by atomic mass is 10.2. The Labute approximate surface area is 111 Å². The molecule has 6 heteroatoms. The van der Waals surface area contributed by atoms with Crippen molar-refractivity contribution >= 4 is 27.6 Å². The van der Waals surface area contributed by atoms with Crippen LogP contribution in [0.4, 0.5) is 10.1 Å². The van der Waals surface area contributed by atoms with Crippen LogP contribution in [0.3, 0.4) is 0 Å². The fraction of sp³-hybridized carbons (Fsp3) is 0.0833. The topological polar surface area (TPSA) is 62.5 Å². The maximum atomic E-state index is 13.2. The number of furan rings is 1. The van der Waals surface area contributed by atoms with E-state index in [1.807, 2.05) is 0 Å². The van der Waals surface area contributed by atoms with Crippen LogP contribution in [-0.2, 0) is 6.54 Å². The molecular formula is C12H9BrFNO3. The van der Waals surface area contributed by atoms with Gasteiger partial charge in [-0.05, 0) is 46.3 Å². The minimum Gasteiger partial charge on any atom is -0.478 e. The van der Waals surface area contributed by atoms with Crippen molar-refractivity contribution in [1.82, 2.24) is 0 Å². The molecule has 2 N–H and O–H groups in total. The summed E-state index contributed by atoms with van der Waals surface area (Å²) >= 11 is 3.18. The van der Waals surface area contributed by atoms with Crippen LogP contribution in [0.15, 0.2) is 39.4 Å².